The van der Waals surface area contributed by atoms with E-state index in [4.69, 9.17) is 0 Å². The Bertz CT molecular complexity index is 943. The molecule has 0 saturated carbocycles. The molecule has 1 aliphatic rings. The van der Waals surface area contributed by atoms with Gasteiger partial charge in [0, 0.05) is 0 Å². The Morgan fingerprint density at radius 2 is 1.83 bits per heavy atom. The molecular weight excluding hydrogens is 558 g/mol. The summed E-state index contributed by atoms with van der Waals surface area (Å²) in [6, 6.07) is 18.2. The van der Waals surface area contributed by atoms with Crippen molar-refractivity contribution in [2.24, 2.45) is 0 Å². The van der Waals surface area contributed by atoms with Crippen molar-refractivity contribution in [3.8, 4) is 0 Å². The Morgan fingerprint density at radius 1 is 1.10 bits per heavy atom. The van der Waals surface area contributed by atoms with Gasteiger partial charge in [0.1, 0.15) is 0 Å². The van der Waals surface area contributed by atoms with Crippen molar-refractivity contribution in [3.63, 3.8) is 0 Å². The van der Waals surface area contributed by atoms with Gasteiger partial charge in [-0.1, -0.05) is 0 Å². The van der Waals surface area contributed by atoms with Crippen LogP contribution in [-0.2, 0) is 6.54 Å². The molecule has 0 aliphatic carbocycles. The molecule has 1 N–H and O–H groups in total. The van der Waals surface area contributed by atoms with E-state index in [-0.39, 0.29) is 21.7 Å². The molecule has 1 amide bonds. The molecule has 1 saturated heterocycles. The van der Waals surface area contributed by atoms with Crippen LogP contribution >= 0.6 is 33.9 Å². The quantitative estimate of drug-likeness (QED) is 0.358. The normalized spacial score (nSPS) is 15.8. The van der Waals surface area contributed by atoms with E-state index >= 15 is 0 Å². The maximum absolute atomic E-state index is 12.3. The number of hydrogen-bond acceptors (Lipinski definition) is 5. The predicted octanol–water partition coefficient (Wildman–Crippen LogP) is 3.54. The molecule has 0 radical (unpaired) electrons. The third-order valence-electron chi connectivity index (χ3n) is 4.92. The van der Waals surface area contributed by atoms with Crippen LogP contribution < -0.4 is 9.11 Å². The van der Waals surface area contributed by atoms with E-state index in [1.165, 1.54) is 18.4 Å². The summed E-state index contributed by atoms with van der Waals surface area (Å²) in [4.78, 5) is 14.9. The van der Waals surface area contributed by atoms with Gasteiger partial charge in [0.25, 0.3) is 0 Å². The van der Waals surface area contributed by atoms with E-state index < -0.39 is 0 Å². The molecule has 1 aromatic heterocycles. The molecule has 2 aromatic carbocycles. The van der Waals surface area contributed by atoms with E-state index in [2.05, 4.69) is 73.3 Å². The number of likely N-dealkylation sites (tertiary alicyclic amines) is 1. The van der Waals surface area contributed by atoms with Gasteiger partial charge in [-0.05, 0) is 0 Å². The molecule has 1 unspecified atom stereocenters. The standard InChI is InChI=1S/C21H22AsIN4OS/c23-18-8-6-16(7-9-18)19(28)24-21-26-25-20(29-21)22-17-10-12-27(13-11-17)14-15-4-2-1-3-5-15/h1-9,17,22H,10-14H2,(H,24,26,28). The number of anilines is 1. The minimum atomic E-state index is -0.325. The second-order valence-electron chi connectivity index (χ2n) is 7.05. The summed E-state index contributed by atoms with van der Waals surface area (Å²) in [6.45, 7) is 3.34. The van der Waals surface area contributed by atoms with E-state index in [9.17, 15) is 4.79 Å². The maximum atomic E-state index is 12.3. The van der Waals surface area contributed by atoms with Crippen molar-refractivity contribution in [2.45, 2.75) is 24.1 Å². The predicted molar refractivity (Wildman–Crippen MR) is 129 cm³/mol. The molecule has 0 bridgehead atoms. The van der Waals surface area contributed by atoms with E-state index in [1.807, 2.05) is 24.3 Å². The zero-order valence-corrected chi connectivity index (χ0v) is 20.9. The number of benzene rings is 2. The number of nitrogens with one attached hydrogen (secondary N) is 1. The molecule has 29 heavy (non-hydrogen) atoms. The van der Waals surface area contributed by atoms with Crippen LogP contribution in [0.1, 0.15) is 28.8 Å². The molecule has 8 heteroatoms. The Kier molecular flexibility index (Phi) is 7.34. The third-order valence-corrected chi connectivity index (χ3v) is 10.3. The SMILES string of the molecule is O=C(Nc1nnc([AsH]C2CCN(Cc3ccccc3)CC2)s1)c1ccc(I)cc1. The van der Waals surface area contributed by atoms with Gasteiger partial charge in [-0.2, -0.15) is 0 Å². The molecule has 0 spiro atoms. The van der Waals surface area contributed by atoms with Crippen LogP contribution in [0.4, 0.5) is 5.13 Å². The van der Waals surface area contributed by atoms with Crippen molar-refractivity contribution in [1.29, 1.82) is 0 Å². The Hall–Kier alpha value is -1.28. The second kappa shape index (κ2) is 10.2. The zero-order valence-electron chi connectivity index (χ0n) is 15.8. The first-order valence-electron chi connectivity index (χ1n) is 9.59. The van der Waals surface area contributed by atoms with Gasteiger partial charge in [-0.15, -0.1) is 0 Å². The van der Waals surface area contributed by atoms with E-state index in [1.54, 1.807) is 11.3 Å². The monoisotopic (exact) mass is 580 g/mol. The fourth-order valence-electron chi connectivity index (χ4n) is 3.35. The number of amides is 1. The first kappa shape index (κ1) is 21.0. The molecule has 1 fully saturated rings. The number of rotatable bonds is 6. The van der Waals surface area contributed by atoms with Crippen molar-refractivity contribution < 1.29 is 4.79 Å². The summed E-state index contributed by atoms with van der Waals surface area (Å²) in [5.74, 6) is -0.127. The average molecular weight is 580 g/mol. The van der Waals surface area contributed by atoms with Gasteiger partial charge in [0.15, 0.2) is 0 Å². The minimum absolute atomic E-state index is 0.127. The molecule has 1 atom stereocenters. The number of halogens is 1. The average Bonchev–Trinajstić information content (AvgIpc) is 3.17. The van der Waals surface area contributed by atoms with Crippen LogP contribution in [0.3, 0.4) is 0 Å². The van der Waals surface area contributed by atoms with Gasteiger partial charge < -0.3 is 0 Å². The van der Waals surface area contributed by atoms with Gasteiger partial charge in [-0.3, -0.25) is 0 Å². The van der Waals surface area contributed by atoms with Crippen LogP contribution in [0.25, 0.3) is 0 Å². The molecule has 1 aliphatic heterocycles. The van der Waals surface area contributed by atoms with Gasteiger partial charge >= 0.3 is 196 Å². The van der Waals surface area contributed by atoms with Crippen LogP contribution in [0.15, 0.2) is 54.6 Å². The fraction of sp³-hybridized carbons (Fsp3) is 0.286. The second-order valence-corrected chi connectivity index (χ2v) is 13.3. The number of piperidine rings is 1. The van der Waals surface area contributed by atoms with E-state index in [0.717, 1.165) is 31.7 Å². The Morgan fingerprint density at radius 3 is 2.55 bits per heavy atom. The number of carbonyl (C=O) groups excluding carboxylic acids is 1. The molecule has 150 valence electrons. The number of hydrogen-bond donors (Lipinski definition) is 1. The van der Waals surface area contributed by atoms with Crippen LogP contribution in [0, 0.1) is 3.57 Å². The van der Waals surface area contributed by atoms with Crippen molar-refractivity contribution >= 4 is 64.5 Å². The Labute approximate surface area is 195 Å². The summed E-state index contributed by atoms with van der Waals surface area (Å²) in [6.07, 6.45) is 2.47. The van der Waals surface area contributed by atoms with Crippen LogP contribution in [-0.4, -0.2) is 49.8 Å². The van der Waals surface area contributed by atoms with Gasteiger partial charge in [0.2, 0.25) is 0 Å². The van der Waals surface area contributed by atoms with Crippen molar-refractivity contribution in [3.05, 3.63) is 69.3 Å². The summed E-state index contributed by atoms with van der Waals surface area (Å²) in [5.41, 5.74) is 2.03. The molecule has 5 nitrogen and oxygen atoms in total. The number of carbonyl (C=O) groups is 1. The molecular formula is C21H22AsIN4OS. The first-order chi connectivity index (χ1) is 14.2. The summed E-state index contributed by atoms with van der Waals surface area (Å²) >= 11 is 3.45. The topological polar surface area (TPSA) is 58.1 Å². The summed E-state index contributed by atoms with van der Waals surface area (Å²) in [7, 11) is 0. The molecule has 4 rings (SSSR count). The third kappa shape index (κ3) is 6.10. The van der Waals surface area contributed by atoms with Crippen LogP contribution in [0.5, 0.6) is 0 Å². The first-order valence-corrected chi connectivity index (χ1v) is 13.7. The number of nitrogens with zero attached hydrogens (tertiary/aromatic N) is 3. The van der Waals surface area contributed by atoms with Gasteiger partial charge in [0.05, 0.1) is 0 Å². The van der Waals surface area contributed by atoms with Crippen molar-refractivity contribution in [1.82, 2.24) is 15.1 Å². The Balaban J connectivity index is 1.25. The van der Waals surface area contributed by atoms with E-state index in [0.29, 0.717) is 10.7 Å². The summed E-state index contributed by atoms with van der Waals surface area (Å²) < 4.78 is 3.00. The molecule has 3 aromatic rings. The van der Waals surface area contributed by atoms with Crippen LogP contribution in [0.2, 0.25) is 4.71 Å². The zero-order chi connectivity index (χ0) is 20.1. The molecule has 2 heterocycles. The summed E-state index contributed by atoms with van der Waals surface area (Å²) in [5, 5.41) is 12.0. The van der Waals surface area contributed by atoms with Crippen molar-refractivity contribution in [2.75, 3.05) is 18.4 Å². The number of aromatic nitrogens is 2. The van der Waals surface area contributed by atoms with Gasteiger partial charge in [-0.25, -0.2) is 0 Å². The fourth-order valence-corrected chi connectivity index (χ4v) is 8.21.